The summed E-state index contributed by atoms with van der Waals surface area (Å²) in [5.74, 6) is -1.07. The lowest BCUT2D eigenvalue weighted by molar-refractivity contribution is 0.571. The van der Waals surface area contributed by atoms with Crippen molar-refractivity contribution in [1.82, 2.24) is 0 Å². The van der Waals surface area contributed by atoms with E-state index >= 15 is 0 Å². The third-order valence-electron chi connectivity index (χ3n) is 2.48. The van der Waals surface area contributed by atoms with Gasteiger partial charge in [-0.3, -0.25) is 4.72 Å². The number of sulfonamides is 1. The van der Waals surface area contributed by atoms with Crippen molar-refractivity contribution in [1.29, 1.82) is 0 Å². The van der Waals surface area contributed by atoms with E-state index in [4.69, 9.17) is 28.9 Å². The maximum atomic E-state index is 13.9. The van der Waals surface area contributed by atoms with Crippen molar-refractivity contribution in [3.05, 3.63) is 50.7 Å². The molecule has 0 radical (unpaired) electrons. The Bertz CT molecular complexity index is 815. The minimum Gasteiger partial charge on any atom is -0.399 e. The highest BCUT2D eigenvalue weighted by Crippen LogP contribution is 2.29. The third kappa shape index (κ3) is 3.60. The molecule has 112 valence electrons. The first-order valence-corrected chi connectivity index (χ1v) is 8.46. The largest absolute Gasteiger partial charge is 0.399 e. The van der Waals surface area contributed by atoms with Gasteiger partial charge >= 0.3 is 0 Å². The van der Waals surface area contributed by atoms with Crippen LogP contribution < -0.4 is 10.5 Å². The Morgan fingerprint density at radius 1 is 1.14 bits per heavy atom. The molecule has 3 N–H and O–H groups in total. The Morgan fingerprint density at radius 3 is 2.43 bits per heavy atom. The van der Waals surface area contributed by atoms with E-state index < -0.39 is 20.7 Å². The summed E-state index contributed by atoms with van der Waals surface area (Å²) in [5, 5.41) is -0.0644. The molecule has 21 heavy (non-hydrogen) atoms. The molecule has 0 saturated carbocycles. The van der Waals surface area contributed by atoms with Gasteiger partial charge in [-0.2, -0.15) is 0 Å². The SMILES string of the molecule is Nc1cc(Cl)c(F)c(S(=O)(=O)Nc2ccc(Br)c(Cl)c2)c1. The number of halogens is 4. The van der Waals surface area contributed by atoms with E-state index in [0.717, 1.165) is 12.1 Å². The molecular weight excluding hydrogens is 406 g/mol. The number of anilines is 2. The summed E-state index contributed by atoms with van der Waals surface area (Å²) in [6, 6.07) is 6.54. The van der Waals surface area contributed by atoms with Crippen molar-refractivity contribution in [2.24, 2.45) is 0 Å². The van der Waals surface area contributed by atoms with Gasteiger partial charge < -0.3 is 5.73 Å². The summed E-state index contributed by atoms with van der Waals surface area (Å²) in [7, 11) is -4.18. The molecule has 0 heterocycles. The molecule has 2 aromatic rings. The normalized spacial score (nSPS) is 11.4. The molecular formula is C12H8BrCl2FN2O2S. The first kappa shape index (κ1) is 16.4. The van der Waals surface area contributed by atoms with Crippen LogP contribution in [0.5, 0.6) is 0 Å². The first-order valence-electron chi connectivity index (χ1n) is 5.43. The molecule has 0 aliphatic rings. The zero-order valence-corrected chi connectivity index (χ0v) is 14.1. The van der Waals surface area contributed by atoms with Crippen molar-refractivity contribution in [3.63, 3.8) is 0 Å². The lowest BCUT2D eigenvalue weighted by Crippen LogP contribution is -2.15. The summed E-state index contributed by atoms with van der Waals surface area (Å²) < 4.78 is 41.1. The maximum Gasteiger partial charge on any atom is 0.264 e. The zero-order chi connectivity index (χ0) is 15.8. The molecule has 0 unspecified atom stereocenters. The number of benzene rings is 2. The molecule has 2 rings (SSSR count). The van der Waals surface area contributed by atoms with Crippen LogP contribution in [-0.4, -0.2) is 8.42 Å². The zero-order valence-electron chi connectivity index (χ0n) is 10.2. The van der Waals surface area contributed by atoms with Gasteiger partial charge in [-0.05, 0) is 46.3 Å². The number of hydrogen-bond acceptors (Lipinski definition) is 3. The van der Waals surface area contributed by atoms with Gasteiger partial charge in [0.2, 0.25) is 0 Å². The Balaban J connectivity index is 2.45. The van der Waals surface area contributed by atoms with E-state index in [0.29, 0.717) is 9.50 Å². The Hall–Kier alpha value is -1.02. The Kier molecular flexibility index (Phi) is 4.67. The fourth-order valence-corrected chi connectivity index (χ4v) is 3.44. The summed E-state index contributed by atoms with van der Waals surface area (Å²) in [5.41, 5.74) is 5.71. The fourth-order valence-electron chi connectivity index (χ4n) is 1.55. The highest BCUT2D eigenvalue weighted by molar-refractivity contribution is 9.10. The van der Waals surface area contributed by atoms with Crippen molar-refractivity contribution in [2.75, 3.05) is 10.5 Å². The minimum absolute atomic E-state index is 0.0376. The average molecular weight is 414 g/mol. The molecule has 0 aliphatic heterocycles. The second-order valence-electron chi connectivity index (χ2n) is 4.05. The molecule has 2 aromatic carbocycles. The second kappa shape index (κ2) is 6.00. The number of nitrogens with one attached hydrogen (secondary N) is 1. The van der Waals surface area contributed by atoms with Crippen LogP contribution in [0.1, 0.15) is 0 Å². The van der Waals surface area contributed by atoms with E-state index in [1.54, 1.807) is 6.07 Å². The van der Waals surface area contributed by atoms with E-state index in [1.165, 1.54) is 12.1 Å². The van der Waals surface area contributed by atoms with Gasteiger partial charge in [-0.25, -0.2) is 12.8 Å². The minimum atomic E-state index is -4.18. The van der Waals surface area contributed by atoms with Crippen LogP contribution in [0.25, 0.3) is 0 Å². The lowest BCUT2D eigenvalue weighted by Gasteiger charge is -2.11. The van der Waals surface area contributed by atoms with Crippen molar-refractivity contribution >= 4 is 60.5 Å². The quantitative estimate of drug-likeness (QED) is 0.737. The smallest absolute Gasteiger partial charge is 0.264 e. The molecule has 4 nitrogen and oxygen atoms in total. The van der Waals surface area contributed by atoms with E-state index in [2.05, 4.69) is 20.7 Å². The van der Waals surface area contributed by atoms with Crippen LogP contribution in [0.15, 0.2) is 39.7 Å². The molecule has 0 saturated heterocycles. The highest BCUT2D eigenvalue weighted by Gasteiger charge is 2.22. The lowest BCUT2D eigenvalue weighted by atomic mass is 10.3. The summed E-state index contributed by atoms with van der Waals surface area (Å²) in [6.07, 6.45) is 0. The van der Waals surface area contributed by atoms with E-state index in [9.17, 15) is 12.8 Å². The van der Waals surface area contributed by atoms with Crippen LogP contribution in [0.4, 0.5) is 15.8 Å². The average Bonchev–Trinajstić information content (AvgIpc) is 2.37. The molecule has 0 amide bonds. The standard InChI is InChI=1S/C12H8BrCl2FN2O2S/c13-8-2-1-7(5-9(8)14)18-21(19,20)11-4-6(17)3-10(15)12(11)16/h1-5,18H,17H2. The molecule has 0 fully saturated rings. The van der Waals surface area contributed by atoms with Crippen LogP contribution in [0, 0.1) is 5.82 Å². The monoisotopic (exact) mass is 412 g/mol. The number of nitrogen functional groups attached to an aromatic ring is 1. The predicted octanol–water partition coefficient (Wildman–Crippen LogP) is 4.28. The third-order valence-corrected chi connectivity index (χ3v) is 5.37. The van der Waals surface area contributed by atoms with Crippen LogP contribution in [0.3, 0.4) is 0 Å². The summed E-state index contributed by atoms with van der Waals surface area (Å²) >= 11 is 14.7. The summed E-state index contributed by atoms with van der Waals surface area (Å²) in [6.45, 7) is 0. The molecule has 0 spiro atoms. The van der Waals surface area contributed by atoms with Crippen LogP contribution in [-0.2, 0) is 10.0 Å². The van der Waals surface area contributed by atoms with E-state index in [1.807, 2.05) is 0 Å². The topological polar surface area (TPSA) is 72.2 Å². The van der Waals surface area contributed by atoms with Gasteiger partial charge in [0.25, 0.3) is 10.0 Å². The van der Waals surface area contributed by atoms with Gasteiger partial charge in [-0.1, -0.05) is 23.2 Å². The fraction of sp³-hybridized carbons (Fsp3) is 0. The molecule has 0 bridgehead atoms. The molecule has 0 aliphatic carbocycles. The van der Waals surface area contributed by atoms with Crippen molar-refractivity contribution in [2.45, 2.75) is 4.90 Å². The van der Waals surface area contributed by atoms with Crippen molar-refractivity contribution < 1.29 is 12.8 Å². The van der Waals surface area contributed by atoms with Crippen molar-refractivity contribution in [3.8, 4) is 0 Å². The number of rotatable bonds is 3. The molecule has 0 atom stereocenters. The van der Waals surface area contributed by atoms with Gasteiger partial charge in [-0.15, -0.1) is 0 Å². The van der Waals surface area contributed by atoms with Gasteiger partial charge in [0.15, 0.2) is 5.82 Å². The molecule has 9 heteroatoms. The van der Waals surface area contributed by atoms with Gasteiger partial charge in [0, 0.05) is 10.2 Å². The number of nitrogens with two attached hydrogens (primary N) is 1. The Morgan fingerprint density at radius 2 is 1.81 bits per heavy atom. The predicted molar refractivity (Wildman–Crippen MR) is 85.8 cm³/mol. The van der Waals surface area contributed by atoms with Crippen LogP contribution >= 0.6 is 39.1 Å². The number of hydrogen-bond donors (Lipinski definition) is 2. The van der Waals surface area contributed by atoms with Gasteiger partial charge in [0.1, 0.15) is 4.90 Å². The first-order chi connectivity index (χ1) is 9.70. The Labute approximate surface area is 139 Å². The van der Waals surface area contributed by atoms with Gasteiger partial charge in [0.05, 0.1) is 15.7 Å². The van der Waals surface area contributed by atoms with E-state index in [-0.39, 0.29) is 16.4 Å². The summed E-state index contributed by atoms with van der Waals surface area (Å²) in [4.78, 5) is -0.633. The maximum absolute atomic E-state index is 13.9. The van der Waals surface area contributed by atoms with Crippen LogP contribution in [0.2, 0.25) is 10.0 Å². The molecule has 0 aromatic heterocycles. The second-order valence-corrected chi connectivity index (χ2v) is 7.37. The highest BCUT2D eigenvalue weighted by atomic mass is 79.9.